The average molecular weight is 441 g/mol. The third-order valence-electron chi connectivity index (χ3n) is 5.68. The highest BCUT2D eigenvalue weighted by atomic mass is 16.5. The van der Waals surface area contributed by atoms with Gasteiger partial charge in [0, 0.05) is 60.4 Å². The number of aromatic amines is 1. The van der Waals surface area contributed by atoms with Crippen molar-refractivity contribution < 1.29 is 9.53 Å². The molecule has 4 aromatic rings. The van der Waals surface area contributed by atoms with E-state index in [2.05, 4.69) is 48.9 Å². The zero-order valence-electron chi connectivity index (χ0n) is 18.1. The summed E-state index contributed by atoms with van der Waals surface area (Å²) in [4.78, 5) is 30.6. The van der Waals surface area contributed by atoms with Gasteiger partial charge in [-0.05, 0) is 47.5 Å². The maximum Gasteiger partial charge on any atom is 0.247 e. The number of H-pyrrole nitrogens is 1. The number of morpholine rings is 1. The van der Waals surface area contributed by atoms with E-state index in [4.69, 9.17) is 4.74 Å². The summed E-state index contributed by atoms with van der Waals surface area (Å²) in [7, 11) is 0. The van der Waals surface area contributed by atoms with Crippen molar-refractivity contribution in [1.29, 1.82) is 0 Å². The van der Waals surface area contributed by atoms with Crippen LogP contribution in [0.5, 0.6) is 0 Å². The predicted molar refractivity (Wildman–Crippen MR) is 127 cm³/mol. The summed E-state index contributed by atoms with van der Waals surface area (Å²) in [5, 5.41) is 3.88. The third-order valence-corrected chi connectivity index (χ3v) is 5.68. The smallest absolute Gasteiger partial charge is 0.247 e. The number of benzene rings is 1. The van der Waals surface area contributed by atoms with Crippen LogP contribution in [0, 0.1) is 0 Å². The molecule has 1 aromatic carbocycles. The number of carbonyl (C=O) groups is 1. The van der Waals surface area contributed by atoms with Crippen molar-refractivity contribution in [2.24, 2.45) is 0 Å². The van der Waals surface area contributed by atoms with Crippen LogP contribution in [0.25, 0.3) is 33.4 Å². The largest absolute Gasteiger partial charge is 0.379 e. The maximum absolute atomic E-state index is 12.0. The van der Waals surface area contributed by atoms with Crippen molar-refractivity contribution >= 4 is 22.6 Å². The van der Waals surface area contributed by atoms with Crippen LogP contribution in [0.3, 0.4) is 0 Å². The van der Waals surface area contributed by atoms with Crippen molar-refractivity contribution in [2.45, 2.75) is 6.54 Å². The Hall–Kier alpha value is -3.88. The van der Waals surface area contributed by atoms with Gasteiger partial charge in [-0.25, -0.2) is 15.0 Å². The van der Waals surface area contributed by atoms with E-state index in [-0.39, 0.29) is 5.91 Å². The molecule has 8 heteroatoms. The highest BCUT2D eigenvalue weighted by Crippen LogP contribution is 2.31. The Balaban J connectivity index is 1.55. The van der Waals surface area contributed by atoms with Crippen LogP contribution in [0.2, 0.25) is 0 Å². The first-order chi connectivity index (χ1) is 16.2. The first kappa shape index (κ1) is 21.0. The SMILES string of the molecule is C=CC(=O)Nc1cc(CN2CCOCC2)cc(-c2cnc3[nH]cc(-c4ccncn4)c3c2)c1. The summed E-state index contributed by atoms with van der Waals surface area (Å²) < 4.78 is 5.47. The Kier molecular flexibility index (Phi) is 5.93. The molecule has 2 N–H and O–H groups in total. The van der Waals surface area contributed by atoms with Gasteiger partial charge in [0.1, 0.15) is 12.0 Å². The number of ether oxygens (including phenoxy) is 1. The van der Waals surface area contributed by atoms with Gasteiger partial charge in [-0.15, -0.1) is 0 Å². The Morgan fingerprint density at radius 1 is 1.18 bits per heavy atom. The van der Waals surface area contributed by atoms with Gasteiger partial charge < -0.3 is 15.0 Å². The zero-order chi connectivity index (χ0) is 22.6. The van der Waals surface area contributed by atoms with Crippen molar-refractivity contribution in [1.82, 2.24) is 24.8 Å². The summed E-state index contributed by atoms with van der Waals surface area (Å²) in [5.74, 6) is -0.241. The van der Waals surface area contributed by atoms with Gasteiger partial charge in [-0.2, -0.15) is 0 Å². The fraction of sp³-hybridized carbons (Fsp3) is 0.200. The molecule has 0 spiro atoms. The number of rotatable bonds is 6. The van der Waals surface area contributed by atoms with Gasteiger partial charge in [0.25, 0.3) is 0 Å². The molecule has 1 saturated heterocycles. The molecular weight excluding hydrogens is 416 g/mol. The van der Waals surface area contributed by atoms with Gasteiger partial charge in [-0.3, -0.25) is 9.69 Å². The minimum Gasteiger partial charge on any atom is -0.379 e. The van der Waals surface area contributed by atoms with Crippen LogP contribution in [0.4, 0.5) is 5.69 Å². The predicted octanol–water partition coefficient (Wildman–Crippen LogP) is 3.64. The fourth-order valence-corrected chi connectivity index (χ4v) is 4.06. The molecule has 0 unspecified atom stereocenters. The van der Waals surface area contributed by atoms with E-state index in [1.54, 1.807) is 6.20 Å². The minimum atomic E-state index is -0.241. The lowest BCUT2D eigenvalue weighted by Crippen LogP contribution is -2.35. The van der Waals surface area contributed by atoms with Crippen LogP contribution in [-0.4, -0.2) is 57.0 Å². The minimum absolute atomic E-state index is 0.241. The molecule has 0 atom stereocenters. The molecule has 5 rings (SSSR count). The van der Waals surface area contributed by atoms with E-state index < -0.39 is 0 Å². The van der Waals surface area contributed by atoms with E-state index in [1.165, 1.54) is 12.4 Å². The number of nitrogens with zero attached hydrogens (tertiary/aromatic N) is 4. The van der Waals surface area contributed by atoms with Gasteiger partial charge in [-0.1, -0.05) is 6.58 Å². The summed E-state index contributed by atoms with van der Waals surface area (Å²) >= 11 is 0. The first-order valence-electron chi connectivity index (χ1n) is 10.8. The van der Waals surface area contributed by atoms with Crippen LogP contribution in [-0.2, 0) is 16.1 Å². The third kappa shape index (κ3) is 4.67. The molecule has 4 heterocycles. The van der Waals surface area contributed by atoms with E-state index in [0.717, 1.165) is 77.5 Å². The van der Waals surface area contributed by atoms with Crippen molar-refractivity contribution in [3.05, 3.63) is 73.5 Å². The van der Waals surface area contributed by atoms with Crippen LogP contribution in [0.1, 0.15) is 5.56 Å². The molecule has 1 aliphatic heterocycles. The number of nitrogens with one attached hydrogen (secondary N) is 2. The summed E-state index contributed by atoms with van der Waals surface area (Å²) in [6, 6.07) is 10.1. The molecular formula is C25H24N6O2. The highest BCUT2D eigenvalue weighted by molar-refractivity contribution is 5.99. The molecule has 0 radical (unpaired) electrons. The standard InChI is InChI=1S/C25H24N6O2/c1-2-24(32)30-20-10-17(15-31-5-7-33-8-6-31)9-18(11-20)19-12-21-22(14-28-25(21)27-13-19)23-3-4-26-16-29-23/h2-4,9-14,16H,1,5-8,15H2,(H,27,28)(H,30,32). The molecule has 1 fully saturated rings. The van der Waals surface area contributed by atoms with Crippen molar-refractivity contribution in [3.8, 4) is 22.4 Å². The van der Waals surface area contributed by atoms with Crippen molar-refractivity contribution in [3.63, 3.8) is 0 Å². The maximum atomic E-state index is 12.0. The monoisotopic (exact) mass is 440 g/mol. The number of fused-ring (bicyclic) bond motifs is 1. The lowest BCUT2D eigenvalue weighted by Gasteiger charge is -2.27. The van der Waals surface area contributed by atoms with E-state index in [1.807, 2.05) is 30.6 Å². The molecule has 8 nitrogen and oxygen atoms in total. The number of aromatic nitrogens is 4. The van der Waals surface area contributed by atoms with Crippen molar-refractivity contribution in [2.75, 3.05) is 31.6 Å². The Bertz CT molecular complexity index is 1300. The van der Waals surface area contributed by atoms with Gasteiger partial charge in [0.05, 0.1) is 18.9 Å². The first-order valence-corrected chi connectivity index (χ1v) is 10.8. The second-order valence-electron chi connectivity index (χ2n) is 7.92. The molecule has 0 bridgehead atoms. The number of pyridine rings is 1. The van der Waals surface area contributed by atoms with Gasteiger partial charge in [0.2, 0.25) is 5.91 Å². The Morgan fingerprint density at radius 3 is 2.85 bits per heavy atom. The molecule has 166 valence electrons. The quantitative estimate of drug-likeness (QED) is 0.445. The van der Waals surface area contributed by atoms with E-state index in [0.29, 0.717) is 0 Å². The Labute approximate surface area is 191 Å². The average Bonchev–Trinajstić information content (AvgIpc) is 3.28. The van der Waals surface area contributed by atoms with Crippen LogP contribution < -0.4 is 5.32 Å². The molecule has 3 aromatic heterocycles. The molecule has 0 aliphatic carbocycles. The number of carbonyl (C=O) groups excluding carboxylic acids is 1. The molecule has 0 saturated carbocycles. The molecule has 1 aliphatic rings. The lowest BCUT2D eigenvalue weighted by molar-refractivity contribution is -0.111. The van der Waals surface area contributed by atoms with Crippen LogP contribution >= 0.6 is 0 Å². The number of hydrogen-bond acceptors (Lipinski definition) is 6. The van der Waals surface area contributed by atoms with Gasteiger partial charge >= 0.3 is 0 Å². The molecule has 1 amide bonds. The second-order valence-corrected chi connectivity index (χ2v) is 7.92. The Morgan fingerprint density at radius 2 is 2.06 bits per heavy atom. The fourth-order valence-electron chi connectivity index (χ4n) is 4.06. The lowest BCUT2D eigenvalue weighted by atomic mass is 10.0. The normalized spacial score (nSPS) is 14.3. The van der Waals surface area contributed by atoms with Gasteiger partial charge in [0.15, 0.2) is 0 Å². The zero-order valence-corrected chi connectivity index (χ0v) is 18.1. The number of amides is 1. The van der Waals surface area contributed by atoms with Crippen LogP contribution in [0.15, 0.2) is 67.9 Å². The van der Waals surface area contributed by atoms with E-state index in [9.17, 15) is 4.79 Å². The molecule has 33 heavy (non-hydrogen) atoms. The summed E-state index contributed by atoms with van der Waals surface area (Å²) in [6.07, 6.45) is 8.29. The second kappa shape index (κ2) is 9.32. The highest BCUT2D eigenvalue weighted by Gasteiger charge is 2.14. The number of hydrogen-bond donors (Lipinski definition) is 2. The summed E-state index contributed by atoms with van der Waals surface area (Å²) in [6.45, 7) is 7.58. The summed E-state index contributed by atoms with van der Waals surface area (Å²) in [5.41, 5.74) is 6.35. The number of anilines is 1. The van der Waals surface area contributed by atoms with E-state index >= 15 is 0 Å². The topological polar surface area (TPSA) is 96.0 Å².